The van der Waals surface area contributed by atoms with E-state index in [4.69, 9.17) is 11.1 Å². The van der Waals surface area contributed by atoms with E-state index in [0.717, 1.165) is 6.42 Å². The largest absolute Gasteiger partial charge is 0.388 e. The fourth-order valence-electron chi connectivity index (χ4n) is 2.03. The first-order chi connectivity index (χ1) is 8.38. The highest BCUT2D eigenvalue weighted by atomic mass is 15.2. The molecule has 0 heterocycles. The number of hydrogen-bond acceptors (Lipinski definition) is 2. The van der Waals surface area contributed by atoms with Crippen LogP contribution in [0.4, 0.5) is 0 Å². The Labute approximate surface area is 111 Å². The van der Waals surface area contributed by atoms with E-state index in [1.54, 1.807) is 0 Å². The molecule has 1 unspecified atom stereocenters. The molecule has 0 saturated heterocycles. The Bertz CT molecular complexity index is 384. The summed E-state index contributed by atoms with van der Waals surface area (Å²) in [5.41, 5.74) is 6.92. The summed E-state index contributed by atoms with van der Waals surface area (Å²) >= 11 is 0. The molecule has 0 spiro atoms. The standard InChI is InChI=1S/C15H25N3/c1-5-15(2,3)18(4)13(11-14(16)17)12-9-7-6-8-10-12/h6-10,13H,5,11H2,1-4H3,(H3,16,17). The Hall–Kier alpha value is -1.35. The zero-order chi connectivity index (χ0) is 13.8. The first-order valence-electron chi connectivity index (χ1n) is 6.49. The van der Waals surface area contributed by atoms with Gasteiger partial charge in [0.25, 0.3) is 0 Å². The lowest BCUT2D eigenvalue weighted by Gasteiger charge is -2.41. The Morgan fingerprint density at radius 3 is 2.33 bits per heavy atom. The predicted octanol–water partition coefficient (Wildman–Crippen LogP) is 3.17. The highest BCUT2D eigenvalue weighted by Gasteiger charge is 2.29. The Morgan fingerprint density at radius 1 is 1.33 bits per heavy atom. The minimum Gasteiger partial charge on any atom is -0.388 e. The number of nitrogens with zero attached hydrogens (tertiary/aromatic N) is 1. The van der Waals surface area contributed by atoms with Crippen LogP contribution in [0.15, 0.2) is 30.3 Å². The van der Waals surface area contributed by atoms with Crippen LogP contribution in [0, 0.1) is 5.41 Å². The van der Waals surface area contributed by atoms with E-state index in [2.05, 4.69) is 44.9 Å². The van der Waals surface area contributed by atoms with Gasteiger partial charge in [0.2, 0.25) is 0 Å². The first-order valence-corrected chi connectivity index (χ1v) is 6.49. The third kappa shape index (κ3) is 3.57. The van der Waals surface area contributed by atoms with Crippen LogP contribution in [0.5, 0.6) is 0 Å². The summed E-state index contributed by atoms with van der Waals surface area (Å²) in [5, 5.41) is 7.58. The summed E-state index contributed by atoms with van der Waals surface area (Å²) in [6.45, 7) is 6.64. The summed E-state index contributed by atoms with van der Waals surface area (Å²) in [5.74, 6) is 0.239. The monoisotopic (exact) mass is 247 g/mol. The maximum atomic E-state index is 7.58. The van der Waals surface area contributed by atoms with Crippen LogP contribution in [-0.4, -0.2) is 23.3 Å². The molecular formula is C15H25N3. The molecule has 1 aromatic carbocycles. The molecule has 0 aliphatic carbocycles. The molecule has 100 valence electrons. The highest BCUT2D eigenvalue weighted by Crippen LogP contribution is 2.30. The molecule has 3 nitrogen and oxygen atoms in total. The van der Waals surface area contributed by atoms with Crippen molar-refractivity contribution in [3.8, 4) is 0 Å². The van der Waals surface area contributed by atoms with Gasteiger partial charge >= 0.3 is 0 Å². The topological polar surface area (TPSA) is 53.1 Å². The minimum atomic E-state index is 0.0932. The van der Waals surface area contributed by atoms with E-state index in [1.165, 1.54) is 5.56 Å². The zero-order valence-corrected chi connectivity index (χ0v) is 11.9. The van der Waals surface area contributed by atoms with Gasteiger partial charge in [-0.25, -0.2) is 0 Å². The molecule has 18 heavy (non-hydrogen) atoms. The van der Waals surface area contributed by atoms with Crippen molar-refractivity contribution in [1.29, 1.82) is 5.41 Å². The van der Waals surface area contributed by atoms with Gasteiger partial charge in [0.05, 0.1) is 5.84 Å². The lowest BCUT2D eigenvalue weighted by Crippen LogP contribution is -2.44. The summed E-state index contributed by atoms with van der Waals surface area (Å²) in [6.07, 6.45) is 1.63. The molecule has 0 fully saturated rings. The molecular weight excluding hydrogens is 222 g/mol. The fourth-order valence-corrected chi connectivity index (χ4v) is 2.03. The normalized spacial score (nSPS) is 13.6. The molecule has 1 atom stereocenters. The molecule has 0 radical (unpaired) electrons. The quantitative estimate of drug-likeness (QED) is 0.599. The van der Waals surface area contributed by atoms with Crippen LogP contribution in [0.1, 0.15) is 45.2 Å². The molecule has 0 aliphatic heterocycles. The van der Waals surface area contributed by atoms with Crippen molar-refractivity contribution in [3.63, 3.8) is 0 Å². The summed E-state index contributed by atoms with van der Waals surface area (Å²) in [7, 11) is 2.12. The fraction of sp³-hybridized carbons (Fsp3) is 0.533. The van der Waals surface area contributed by atoms with E-state index in [0.29, 0.717) is 6.42 Å². The number of nitrogens with one attached hydrogen (secondary N) is 1. The molecule has 0 aliphatic rings. The average molecular weight is 247 g/mol. The van der Waals surface area contributed by atoms with Crippen molar-refractivity contribution < 1.29 is 0 Å². The lowest BCUT2D eigenvalue weighted by molar-refractivity contribution is 0.0997. The minimum absolute atomic E-state index is 0.0932. The highest BCUT2D eigenvalue weighted by molar-refractivity contribution is 5.77. The van der Waals surface area contributed by atoms with E-state index in [9.17, 15) is 0 Å². The zero-order valence-electron chi connectivity index (χ0n) is 11.9. The Kier molecular flexibility index (Phi) is 4.91. The van der Waals surface area contributed by atoms with Crippen LogP contribution in [0.2, 0.25) is 0 Å². The number of hydrogen-bond donors (Lipinski definition) is 2. The van der Waals surface area contributed by atoms with E-state index < -0.39 is 0 Å². The van der Waals surface area contributed by atoms with Gasteiger partial charge in [0, 0.05) is 18.0 Å². The number of benzene rings is 1. The van der Waals surface area contributed by atoms with Crippen LogP contribution in [0.3, 0.4) is 0 Å². The molecule has 1 aromatic rings. The van der Waals surface area contributed by atoms with Crippen molar-refractivity contribution in [1.82, 2.24) is 4.90 Å². The SMILES string of the molecule is CCC(C)(C)N(C)C(CC(=N)N)c1ccccc1. The Morgan fingerprint density at radius 2 is 1.89 bits per heavy atom. The van der Waals surface area contributed by atoms with E-state index >= 15 is 0 Å². The van der Waals surface area contributed by atoms with Crippen molar-refractivity contribution in [2.45, 2.75) is 45.2 Å². The molecule has 1 rings (SSSR count). The van der Waals surface area contributed by atoms with Crippen LogP contribution < -0.4 is 5.73 Å². The number of rotatable bonds is 6. The second-order valence-electron chi connectivity index (χ2n) is 5.43. The predicted molar refractivity (Wildman–Crippen MR) is 77.8 cm³/mol. The van der Waals surface area contributed by atoms with Gasteiger partial charge in [-0.2, -0.15) is 0 Å². The van der Waals surface area contributed by atoms with Gasteiger partial charge in [0.15, 0.2) is 0 Å². The summed E-state index contributed by atoms with van der Waals surface area (Å²) < 4.78 is 0. The van der Waals surface area contributed by atoms with Crippen LogP contribution in [0.25, 0.3) is 0 Å². The van der Waals surface area contributed by atoms with Gasteiger partial charge in [-0.15, -0.1) is 0 Å². The van der Waals surface area contributed by atoms with E-state index in [-0.39, 0.29) is 17.4 Å². The molecule has 0 amide bonds. The van der Waals surface area contributed by atoms with Gasteiger partial charge < -0.3 is 5.73 Å². The Balaban J connectivity index is 3.03. The van der Waals surface area contributed by atoms with Gasteiger partial charge in [-0.1, -0.05) is 37.3 Å². The van der Waals surface area contributed by atoms with Crippen molar-refractivity contribution in [2.75, 3.05) is 7.05 Å². The molecule has 0 bridgehead atoms. The first kappa shape index (κ1) is 14.7. The molecule has 0 aromatic heterocycles. The van der Waals surface area contributed by atoms with Crippen LogP contribution >= 0.6 is 0 Å². The molecule has 3 heteroatoms. The molecule has 3 N–H and O–H groups in total. The maximum absolute atomic E-state index is 7.58. The van der Waals surface area contributed by atoms with Crippen molar-refractivity contribution in [2.24, 2.45) is 5.73 Å². The average Bonchev–Trinajstić information content (AvgIpc) is 2.36. The van der Waals surface area contributed by atoms with Gasteiger partial charge in [-0.05, 0) is 32.9 Å². The van der Waals surface area contributed by atoms with Crippen LogP contribution in [-0.2, 0) is 0 Å². The summed E-state index contributed by atoms with van der Waals surface area (Å²) in [6, 6.07) is 10.5. The third-order valence-corrected chi connectivity index (χ3v) is 3.89. The second-order valence-corrected chi connectivity index (χ2v) is 5.43. The van der Waals surface area contributed by atoms with Gasteiger partial charge in [0.1, 0.15) is 0 Å². The van der Waals surface area contributed by atoms with Crippen molar-refractivity contribution >= 4 is 5.84 Å². The maximum Gasteiger partial charge on any atom is 0.0924 e. The van der Waals surface area contributed by atoms with Crippen molar-refractivity contribution in [3.05, 3.63) is 35.9 Å². The number of amidine groups is 1. The van der Waals surface area contributed by atoms with Gasteiger partial charge in [-0.3, -0.25) is 10.3 Å². The second kappa shape index (κ2) is 6.01. The molecule has 0 saturated carbocycles. The smallest absolute Gasteiger partial charge is 0.0924 e. The van der Waals surface area contributed by atoms with E-state index in [1.807, 2.05) is 18.2 Å². The third-order valence-electron chi connectivity index (χ3n) is 3.89. The number of nitrogens with two attached hydrogens (primary N) is 1. The lowest BCUT2D eigenvalue weighted by atomic mass is 9.93. The summed E-state index contributed by atoms with van der Waals surface area (Å²) in [4.78, 5) is 2.32.